The number of carbonyl (C=O) groups excluding carboxylic acids is 2. The lowest BCUT2D eigenvalue weighted by Crippen LogP contribution is -2.41. The summed E-state index contributed by atoms with van der Waals surface area (Å²) in [7, 11) is 1.76. The molecule has 3 amide bonds. The van der Waals surface area contributed by atoms with Gasteiger partial charge in [0.05, 0.1) is 6.54 Å². The van der Waals surface area contributed by atoms with Gasteiger partial charge in [0, 0.05) is 33.1 Å². The predicted octanol–water partition coefficient (Wildman–Crippen LogP) is 1.03. The summed E-state index contributed by atoms with van der Waals surface area (Å²) in [4.78, 5) is 29.2. The monoisotopic (exact) mass is 303 g/mol. The zero-order chi connectivity index (χ0) is 15.5. The number of likely N-dealkylation sites (N-methyl/N-ethyl adjacent to an activating group) is 1. The first kappa shape index (κ1) is 14.7. The minimum absolute atomic E-state index is 0.00260. The van der Waals surface area contributed by atoms with Gasteiger partial charge in [0.1, 0.15) is 18.4 Å². The summed E-state index contributed by atoms with van der Waals surface area (Å²) in [6, 6.07) is 9.59. The Hall–Kier alpha value is -2.24. The smallest absolute Gasteiger partial charge is 0.320 e. The van der Waals surface area contributed by atoms with Crippen LogP contribution in [-0.2, 0) is 4.79 Å². The molecule has 0 radical (unpaired) electrons. The van der Waals surface area contributed by atoms with Gasteiger partial charge in [0.15, 0.2) is 0 Å². The van der Waals surface area contributed by atoms with Gasteiger partial charge in [-0.2, -0.15) is 0 Å². The molecule has 1 atom stereocenters. The van der Waals surface area contributed by atoms with E-state index in [1.54, 1.807) is 21.7 Å². The zero-order valence-electron chi connectivity index (χ0n) is 12.8. The number of hydrogen-bond acceptors (Lipinski definition) is 3. The van der Waals surface area contributed by atoms with E-state index in [4.69, 9.17) is 4.74 Å². The van der Waals surface area contributed by atoms with E-state index in [1.165, 1.54) is 0 Å². The maximum atomic E-state index is 12.3. The molecular formula is C16H21N3O3. The molecule has 2 aliphatic rings. The molecule has 2 heterocycles. The van der Waals surface area contributed by atoms with Crippen molar-refractivity contribution in [1.29, 1.82) is 0 Å². The van der Waals surface area contributed by atoms with Crippen molar-refractivity contribution in [3.05, 3.63) is 30.3 Å². The number of nitrogens with zero attached hydrogens (tertiary/aromatic N) is 3. The zero-order valence-corrected chi connectivity index (χ0v) is 12.8. The fourth-order valence-electron chi connectivity index (χ4n) is 2.86. The summed E-state index contributed by atoms with van der Waals surface area (Å²) < 4.78 is 5.88. The largest absolute Gasteiger partial charge is 0.489 e. The molecule has 1 aromatic rings. The highest BCUT2D eigenvalue weighted by molar-refractivity contribution is 5.85. The van der Waals surface area contributed by atoms with Crippen LogP contribution < -0.4 is 4.74 Å². The topological polar surface area (TPSA) is 53.1 Å². The molecule has 0 bridgehead atoms. The van der Waals surface area contributed by atoms with Crippen LogP contribution in [0.2, 0.25) is 0 Å². The molecule has 1 aromatic carbocycles. The van der Waals surface area contributed by atoms with E-state index in [2.05, 4.69) is 0 Å². The molecule has 0 spiro atoms. The van der Waals surface area contributed by atoms with Gasteiger partial charge in [-0.15, -0.1) is 0 Å². The SMILES string of the molecule is CN1CCN(CC(=O)N2CC[C@@H](Oc3ccccc3)C2)C1=O. The van der Waals surface area contributed by atoms with Crippen LogP contribution in [0.25, 0.3) is 0 Å². The average Bonchev–Trinajstić information content (AvgIpc) is 3.10. The lowest BCUT2D eigenvalue weighted by atomic mass is 10.3. The minimum atomic E-state index is -0.0652. The van der Waals surface area contributed by atoms with Gasteiger partial charge in [0.2, 0.25) is 5.91 Å². The second kappa shape index (κ2) is 6.25. The van der Waals surface area contributed by atoms with Crippen molar-refractivity contribution in [2.75, 3.05) is 39.8 Å². The van der Waals surface area contributed by atoms with E-state index < -0.39 is 0 Å². The van der Waals surface area contributed by atoms with E-state index in [-0.39, 0.29) is 24.6 Å². The van der Waals surface area contributed by atoms with Crippen molar-refractivity contribution in [3.63, 3.8) is 0 Å². The number of likely N-dealkylation sites (tertiary alicyclic amines) is 1. The van der Waals surface area contributed by atoms with E-state index in [0.29, 0.717) is 26.2 Å². The maximum absolute atomic E-state index is 12.3. The van der Waals surface area contributed by atoms with Crippen LogP contribution in [0.5, 0.6) is 5.75 Å². The van der Waals surface area contributed by atoms with Crippen LogP contribution in [0.15, 0.2) is 30.3 Å². The number of carbonyl (C=O) groups is 2. The van der Waals surface area contributed by atoms with Gasteiger partial charge in [-0.3, -0.25) is 4.79 Å². The fraction of sp³-hybridized carbons (Fsp3) is 0.500. The number of benzene rings is 1. The summed E-state index contributed by atoms with van der Waals surface area (Å²) in [5.74, 6) is 0.834. The first-order valence-electron chi connectivity index (χ1n) is 7.63. The Labute approximate surface area is 130 Å². The molecule has 22 heavy (non-hydrogen) atoms. The van der Waals surface area contributed by atoms with Crippen molar-refractivity contribution in [2.45, 2.75) is 12.5 Å². The third-order valence-corrected chi connectivity index (χ3v) is 4.17. The normalized spacial score (nSPS) is 21.6. The van der Waals surface area contributed by atoms with Crippen molar-refractivity contribution >= 4 is 11.9 Å². The van der Waals surface area contributed by atoms with Gasteiger partial charge in [-0.25, -0.2) is 4.79 Å². The van der Waals surface area contributed by atoms with E-state index in [0.717, 1.165) is 12.2 Å². The van der Waals surface area contributed by atoms with Crippen LogP contribution in [0.4, 0.5) is 4.79 Å². The highest BCUT2D eigenvalue weighted by atomic mass is 16.5. The van der Waals surface area contributed by atoms with Crippen molar-refractivity contribution in [1.82, 2.24) is 14.7 Å². The molecule has 0 N–H and O–H groups in total. The Morgan fingerprint density at radius 3 is 2.68 bits per heavy atom. The molecule has 0 unspecified atom stereocenters. The number of urea groups is 1. The minimum Gasteiger partial charge on any atom is -0.489 e. The second-order valence-corrected chi connectivity index (χ2v) is 5.81. The Balaban J connectivity index is 1.50. The lowest BCUT2D eigenvalue weighted by molar-refractivity contribution is -0.130. The van der Waals surface area contributed by atoms with Crippen LogP contribution in [0, 0.1) is 0 Å². The lowest BCUT2D eigenvalue weighted by Gasteiger charge is -2.21. The Morgan fingerprint density at radius 1 is 1.23 bits per heavy atom. The van der Waals surface area contributed by atoms with Crippen molar-refractivity contribution in [2.24, 2.45) is 0 Å². The van der Waals surface area contributed by atoms with Gasteiger partial charge >= 0.3 is 6.03 Å². The second-order valence-electron chi connectivity index (χ2n) is 5.81. The first-order chi connectivity index (χ1) is 10.6. The van der Waals surface area contributed by atoms with Crippen LogP contribution in [0.1, 0.15) is 6.42 Å². The van der Waals surface area contributed by atoms with Gasteiger partial charge in [0.25, 0.3) is 0 Å². The molecule has 0 saturated carbocycles. The fourth-order valence-corrected chi connectivity index (χ4v) is 2.86. The third kappa shape index (κ3) is 3.16. The third-order valence-electron chi connectivity index (χ3n) is 4.17. The highest BCUT2D eigenvalue weighted by Crippen LogP contribution is 2.18. The molecule has 3 rings (SSSR count). The van der Waals surface area contributed by atoms with Gasteiger partial charge in [-0.1, -0.05) is 18.2 Å². The number of rotatable bonds is 4. The van der Waals surface area contributed by atoms with Crippen molar-refractivity contribution in [3.8, 4) is 5.75 Å². The summed E-state index contributed by atoms with van der Waals surface area (Å²) >= 11 is 0. The molecule has 0 aliphatic carbocycles. The number of para-hydroxylation sites is 1. The summed E-state index contributed by atoms with van der Waals surface area (Å²) in [5, 5.41) is 0. The molecule has 6 heteroatoms. The van der Waals surface area contributed by atoms with Gasteiger partial charge in [-0.05, 0) is 12.1 Å². The van der Waals surface area contributed by atoms with E-state index >= 15 is 0 Å². The molecular weight excluding hydrogens is 282 g/mol. The standard InChI is InChI=1S/C16H21N3O3/c1-17-9-10-19(16(17)21)12-15(20)18-8-7-14(11-18)22-13-5-3-2-4-6-13/h2-6,14H,7-12H2,1H3/t14-/m1/s1. The summed E-state index contributed by atoms with van der Waals surface area (Å²) in [5.41, 5.74) is 0. The summed E-state index contributed by atoms with van der Waals surface area (Å²) in [6.07, 6.45) is 0.859. The average molecular weight is 303 g/mol. The Morgan fingerprint density at radius 2 is 2.00 bits per heavy atom. The van der Waals surface area contributed by atoms with Crippen LogP contribution in [0.3, 0.4) is 0 Å². The van der Waals surface area contributed by atoms with Gasteiger partial charge < -0.3 is 19.4 Å². The molecule has 2 aliphatic heterocycles. The Bertz CT molecular complexity index is 549. The molecule has 6 nitrogen and oxygen atoms in total. The molecule has 0 aromatic heterocycles. The van der Waals surface area contributed by atoms with Crippen LogP contribution in [-0.4, -0.2) is 72.5 Å². The summed E-state index contributed by atoms with van der Waals surface area (Å²) in [6.45, 7) is 2.76. The number of hydrogen-bond donors (Lipinski definition) is 0. The first-order valence-corrected chi connectivity index (χ1v) is 7.63. The van der Waals surface area contributed by atoms with E-state index in [9.17, 15) is 9.59 Å². The van der Waals surface area contributed by atoms with Crippen molar-refractivity contribution < 1.29 is 14.3 Å². The maximum Gasteiger partial charge on any atom is 0.320 e. The highest BCUT2D eigenvalue weighted by Gasteiger charge is 2.32. The number of ether oxygens (including phenoxy) is 1. The predicted molar refractivity (Wildman–Crippen MR) is 81.7 cm³/mol. The number of amides is 3. The quantitative estimate of drug-likeness (QED) is 0.835. The molecule has 2 saturated heterocycles. The van der Waals surface area contributed by atoms with E-state index in [1.807, 2.05) is 30.3 Å². The Kier molecular flexibility index (Phi) is 4.18. The van der Waals surface area contributed by atoms with Crippen LogP contribution >= 0.6 is 0 Å². The molecule has 118 valence electrons. The molecule has 2 fully saturated rings.